The molecule has 3 nitrogen and oxygen atoms in total. The van der Waals surface area contributed by atoms with Gasteiger partial charge < -0.3 is 14.4 Å². The molecule has 0 bridgehead atoms. The Bertz CT molecular complexity index is 380. The number of hydrogen-bond donors (Lipinski definition) is 0. The summed E-state index contributed by atoms with van der Waals surface area (Å²) in [5, 5.41) is 9.93. The van der Waals surface area contributed by atoms with E-state index in [4.69, 9.17) is 0 Å². The molecule has 1 aromatic rings. The van der Waals surface area contributed by atoms with E-state index < -0.39 is 5.97 Å². The van der Waals surface area contributed by atoms with Crippen LogP contribution in [0.5, 0.6) is 0 Å². The molecular weight excluding hydrogens is 262 g/mol. The fourth-order valence-electron chi connectivity index (χ4n) is 1.95. The molecule has 3 heteroatoms. The second-order valence-corrected chi connectivity index (χ2v) is 6.95. The Morgan fingerprint density at radius 3 is 2.10 bits per heavy atom. The van der Waals surface area contributed by atoms with Crippen molar-refractivity contribution >= 4 is 5.97 Å². The molecule has 0 saturated heterocycles. The molecule has 0 saturated carbocycles. The van der Waals surface area contributed by atoms with E-state index in [0.717, 1.165) is 30.3 Å². The van der Waals surface area contributed by atoms with E-state index in [2.05, 4.69) is 65.3 Å². The molecule has 1 rings (SSSR count). The van der Waals surface area contributed by atoms with Crippen LogP contribution in [-0.2, 0) is 11.3 Å². The van der Waals surface area contributed by atoms with Crippen LogP contribution < -0.4 is 5.11 Å². The van der Waals surface area contributed by atoms with E-state index in [-0.39, 0.29) is 6.42 Å². The SMILES string of the molecule is CC(C)CCCCC(=O)[O-].C[N+](C)(C)Cc1ccccc1. The Morgan fingerprint density at radius 1 is 1.10 bits per heavy atom. The topological polar surface area (TPSA) is 40.1 Å². The van der Waals surface area contributed by atoms with Gasteiger partial charge in [0, 0.05) is 11.5 Å². The zero-order valence-corrected chi connectivity index (χ0v) is 14.3. The summed E-state index contributed by atoms with van der Waals surface area (Å²) in [4.78, 5) is 9.93. The number of aliphatic carboxylic acids is 1. The van der Waals surface area contributed by atoms with Gasteiger partial charge in [0.15, 0.2) is 0 Å². The number of nitrogens with zero attached hydrogens (tertiary/aromatic N) is 1. The van der Waals surface area contributed by atoms with Gasteiger partial charge in [-0.15, -0.1) is 0 Å². The summed E-state index contributed by atoms with van der Waals surface area (Å²) in [6.07, 6.45) is 3.10. The first-order valence-corrected chi connectivity index (χ1v) is 7.75. The molecule has 21 heavy (non-hydrogen) atoms. The molecule has 0 aromatic heterocycles. The van der Waals surface area contributed by atoms with E-state index in [1.807, 2.05) is 0 Å². The molecule has 0 aliphatic heterocycles. The van der Waals surface area contributed by atoms with Gasteiger partial charge in [-0.3, -0.25) is 0 Å². The minimum atomic E-state index is -0.927. The highest BCUT2D eigenvalue weighted by molar-refractivity contribution is 5.63. The Morgan fingerprint density at radius 2 is 1.67 bits per heavy atom. The molecule has 0 aliphatic carbocycles. The van der Waals surface area contributed by atoms with Gasteiger partial charge in [-0.25, -0.2) is 0 Å². The number of hydrogen-bond acceptors (Lipinski definition) is 2. The third kappa shape index (κ3) is 14.9. The number of carboxylic acids is 1. The number of benzene rings is 1. The summed E-state index contributed by atoms with van der Waals surface area (Å²) < 4.78 is 0.990. The van der Waals surface area contributed by atoms with Gasteiger partial charge in [-0.2, -0.15) is 0 Å². The van der Waals surface area contributed by atoms with Crippen LogP contribution in [0.25, 0.3) is 0 Å². The lowest BCUT2D eigenvalue weighted by molar-refractivity contribution is -0.884. The van der Waals surface area contributed by atoms with Crippen LogP contribution in [-0.4, -0.2) is 31.6 Å². The van der Waals surface area contributed by atoms with E-state index in [1.165, 1.54) is 5.56 Å². The maximum Gasteiger partial charge on any atom is 0.104 e. The van der Waals surface area contributed by atoms with Crippen molar-refractivity contribution in [2.75, 3.05) is 21.1 Å². The average Bonchev–Trinajstić information content (AvgIpc) is 2.34. The Hall–Kier alpha value is -1.35. The van der Waals surface area contributed by atoms with Gasteiger partial charge in [0.1, 0.15) is 6.54 Å². The molecular formula is C18H31NO2. The predicted molar refractivity (Wildman–Crippen MR) is 86.5 cm³/mol. The first-order chi connectivity index (χ1) is 9.70. The number of carboxylic acid groups (broad SMARTS) is 1. The van der Waals surface area contributed by atoms with Crippen molar-refractivity contribution in [3.8, 4) is 0 Å². The Kier molecular flexibility index (Phi) is 9.72. The number of carbonyl (C=O) groups excluding carboxylic acids is 1. The fraction of sp³-hybridized carbons (Fsp3) is 0.611. The molecule has 0 spiro atoms. The zero-order valence-electron chi connectivity index (χ0n) is 14.3. The molecule has 120 valence electrons. The van der Waals surface area contributed by atoms with Crippen molar-refractivity contribution in [1.82, 2.24) is 0 Å². The van der Waals surface area contributed by atoms with Gasteiger partial charge in [-0.1, -0.05) is 57.0 Å². The Balaban J connectivity index is 0.000000384. The summed E-state index contributed by atoms with van der Waals surface area (Å²) in [6.45, 7) is 5.37. The lowest BCUT2D eigenvalue weighted by atomic mass is 10.1. The molecule has 1 aromatic carbocycles. The van der Waals surface area contributed by atoms with Gasteiger partial charge in [-0.05, 0) is 18.8 Å². The maximum atomic E-state index is 9.93. The summed E-state index contributed by atoms with van der Waals surface area (Å²) in [6, 6.07) is 10.6. The van der Waals surface area contributed by atoms with Crippen LogP contribution in [0.1, 0.15) is 45.1 Å². The van der Waals surface area contributed by atoms with Crippen molar-refractivity contribution in [2.24, 2.45) is 5.92 Å². The molecule has 0 radical (unpaired) electrons. The molecule has 0 atom stereocenters. The highest BCUT2D eigenvalue weighted by Crippen LogP contribution is 2.07. The van der Waals surface area contributed by atoms with E-state index in [1.54, 1.807) is 0 Å². The predicted octanol–water partition coefficient (Wildman–Crippen LogP) is 2.85. The third-order valence-corrected chi connectivity index (χ3v) is 2.91. The van der Waals surface area contributed by atoms with E-state index >= 15 is 0 Å². The minimum Gasteiger partial charge on any atom is -0.550 e. The van der Waals surface area contributed by atoms with Gasteiger partial charge in [0.25, 0.3) is 0 Å². The first-order valence-electron chi connectivity index (χ1n) is 7.75. The monoisotopic (exact) mass is 293 g/mol. The fourth-order valence-corrected chi connectivity index (χ4v) is 1.95. The van der Waals surface area contributed by atoms with Crippen LogP contribution in [0.4, 0.5) is 0 Å². The van der Waals surface area contributed by atoms with E-state index in [9.17, 15) is 9.90 Å². The second-order valence-electron chi connectivity index (χ2n) is 6.95. The summed E-state index contributed by atoms with van der Waals surface area (Å²) in [7, 11) is 6.60. The van der Waals surface area contributed by atoms with Crippen LogP contribution >= 0.6 is 0 Å². The number of carbonyl (C=O) groups is 1. The standard InChI is InChI=1S/C10H16N.C8H16O2/c1-11(2,3)9-10-7-5-4-6-8-10;1-7(2)5-3-4-6-8(9)10/h4-8H,9H2,1-3H3;7H,3-6H2,1-2H3,(H,9,10)/q+1;/p-1. The van der Waals surface area contributed by atoms with Crippen LogP contribution in [0.3, 0.4) is 0 Å². The number of quaternary nitrogens is 1. The highest BCUT2D eigenvalue weighted by atomic mass is 16.4. The molecule has 0 aliphatic rings. The molecule has 0 heterocycles. The number of unbranched alkanes of at least 4 members (excludes halogenated alkanes) is 1. The van der Waals surface area contributed by atoms with Crippen LogP contribution in [0.15, 0.2) is 30.3 Å². The van der Waals surface area contributed by atoms with Gasteiger partial charge in [0.2, 0.25) is 0 Å². The summed E-state index contributed by atoms with van der Waals surface area (Å²) in [5.74, 6) is -0.245. The second kappa shape index (κ2) is 10.4. The zero-order chi connectivity index (χ0) is 16.3. The minimum absolute atomic E-state index is 0.215. The summed E-state index contributed by atoms with van der Waals surface area (Å²) >= 11 is 0. The molecule has 0 N–H and O–H groups in total. The van der Waals surface area contributed by atoms with Gasteiger partial charge >= 0.3 is 0 Å². The number of rotatable bonds is 7. The largest absolute Gasteiger partial charge is 0.550 e. The molecule has 0 unspecified atom stereocenters. The van der Waals surface area contributed by atoms with Crippen molar-refractivity contribution < 1.29 is 14.4 Å². The maximum absolute atomic E-state index is 9.93. The van der Waals surface area contributed by atoms with Crippen molar-refractivity contribution in [3.05, 3.63) is 35.9 Å². The molecule has 0 fully saturated rings. The normalized spacial score (nSPS) is 11.0. The first kappa shape index (κ1) is 19.7. The highest BCUT2D eigenvalue weighted by Gasteiger charge is 2.06. The lowest BCUT2D eigenvalue weighted by Crippen LogP contribution is -2.33. The quantitative estimate of drug-likeness (QED) is 0.573. The summed E-state index contributed by atoms with van der Waals surface area (Å²) in [5.41, 5.74) is 1.40. The van der Waals surface area contributed by atoms with Crippen LogP contribution in [0.2, 0.25) is 0 Å². The van der Waals surface area contributed by atoms with Crippen molar-refractivity contribution in [1.29, 1.82) is 0 Å². The average molecular weight is 293 g/mol. The molecule has 0 amide bonds. The lowest BCUT2D eigenvalue weighted by Gasteiger charge is -2.23. The smallest absolute Gasteiger partial charge is 0.104 e. The van der Waals surface area contributed by atoms with Gasteiger partial charge in [0.05, 0.1) is 21.1 Å². The third-order valence-electron chi connectivity index (χ3n) is 2.91. The van der Waals surface area contributed by atoms with E-state index in [0.29, 0.717) is 5.92 Å². The Labute approximate surface area is 130 Å². The van der Waals surface area contributed by atoms with Crippen molar-refractivity contribution in [3.63, 3.8) is 0 Å². The van der Waals surface area contributed by atoms with Crippen molar-refractivity contribution in [2.45, 2.75) is 46.1 Å². The van der Waals surface area contributed by atoms with Crippen LogP contribution in [0, 0.1) is 5.92 Å².